The summed E-state index contributed by atoms with van der Waals surface area (Å²) in [5.41, 5.74) is 10.8. The van der Waals surface area contributed by atoms with Crippen LogP contribution in [0, 0.1) is 0 Å². The lowest BCUT2D eigenvalue weighted by Gasteiger charge is -2.12. The number of hydrogen-bond acceptors (Lipinski definition) is 3. The Morgan fingerprint density at radius 2 is 0.873 bits per heavy atom. The van der Waals surface area contributed by atoms with Crippen LogP contribution < -0.4 is 0 Å². The zero-order valence-electron chi connectivity index (χ0n) is 29.8. The third-order valence-electron chi connectivity index (χ3n) is 10.8. The second-order valence-electron chi connectivity index (χ2n) is 14.2. The van der Waals surface area contributed by atoms with Crippen LogP contribution in [0.4, 0.5) is 0 Å². The number of aromatic nitrogens is 2. The first-order chi connectivity index (χ1) is 27.2. The quantitative estimate of drug-likeness (QED) is 0.168. The zero-order valence-corrected chi connectivity index (χ0v) is 29.8. The molecule has 9 aromatic carbocycles. The average Bonchev–Trinajstić information content (AvgIpc) is 3.62. The minimum Gasteiger partial charge on any atom is -0.455 e. The Bertz CT molecular complexity index is 3180. The van der Waals surface area contributed by atoms with Crippen molar-refractivity contribution < 1.29 is 4.42 Å². The molecular formula is C52H32N2O. The van der Waals surface area contributed by atoms with Crippen LogP contribution in [0.1, 0.15) is 0 Å². The summed E-state index contributed by atoms with van der Waals surface area (Å²) < 4.78 is 6.81. The van der Waals surface area contributed by atoms with E-state index < -0.39 is 0 Å². The lowest BCUT2D eigenvalue weighted by atomic mass is 9.94. The Hall–Kier alpha value is -7.36. The van der Waals surface area contributed by atoms with Crippen LogP contribution in [0.25, 0.3) is 110 Å². The van der Waals surface area contributed by atoms with Crippen molar-refractivity contribution in [2.24, 2.45) is 0 Å². The molecule has 2 aromatic heterocycles. The molecule has 0 saturated heterocycles. The smallest absolute Gasteiger partial charge is 0.160 e. The number of benzene rings is 9. The summed E-state index contributed by atoms with van der Waals surface area (Å²) in [5.74, 6) is 0.671. The Morgan fingerprint density at radius 1 is 0.309 bits per heavy atom. The first-order valence-corrected chi connectivity index (χ1v) is 18.6. The fourth-order valence-electron chi connectivity index (χ4n) is 8.02. The van der Waals surface area contributed by atoms with E-state index in [-0.39, 0.29) is 0 Å². The van der Waals surface area contributed by atoms with Gasteiger partial charge in [0.1, 0.15) is 11.2 Å². The zero-order chi connectivity index (χ0) is 36.3. The van der Waals surface area contributed by atoms with Gasteiger partial charge in [0.15, 0.2) is 5.82 Å². The van der Waals surface area contributed by atoms with Crippen LogP contribution in [0.3, 0.4) is 0 Å². The molecule has 0 N–H and O–H groups in total. The van der Waals surface area contributed by atoms with Crippen molar-refractivity contribution in [1.82, 2.24) is 9.97 Å². The monoisotopic (exact) mass is 700 g/mol. The van der Waals surface area contributed by atoms with E-state index in [9.17, 15) is 0 Å². The molecule has 55 heavy (non-hydrogen) atoms. The highest BCUT2D eigenvalue weighted by molar-refractivity contribution is 6.14. The van der Waals surface area contributed by atoms with E-state index >= 15 is 0 Å². The van der Waals surface area contributed by atoms with Crippen LogP contribution in [0.15, 0.2) is 199 Å². The van der Waals surface area contributed by atoms with E-state index in [0.29, 0.717) is 5.82 Å². The third-order valence-corrected chi connectivity index (χ3v) is 10.8. The minimum atomic E-state index is 0.671. The second-order valence-corrected chi connectivity index (χ2v) is 14.2. The van der Waals surface area contributed by atoms with Gasteiger partial charge in [0.05, 0.1) is 11.4 Å². The van der Waals surface area contributed by atoms with Crippen molar-refractivity contribution in [1.29, 1.82) is 0 Å². The molecule has 0 amide bonds. The van der Waals surface area contributed by atoms with E-state index in [0.717, 1.165) is 66.5 Å². The number of nitrogens with zero attached hydrogens (tertiary/aromatic N) is 2. The van der Waals surface area contributed by atoms with Crippen LogP contribution >= 0.6 is 0 Å². The highest BCUT2D eigenvalue weighted by atomic mass is 16.3. The maximum atomic E-state index is 6.81. The van der Waals surface area contributed by atoms with Crippen LogP contribution in [-0.2, 0) is 0 Å². The largest absolute Gasteiger partial charge is 0.455 e. The van der Waals surface area contributed by atoms with Gasteiger partial charge in [0, 0.05) is 27.5 Å². The lowest BCUT2D eigenvalue weighted by Crippen LogP contribution is -1.96. The van der Waals surface area contributed by atoms with Gasteiger partial charge in [0.2, 0.25) is 0 Å². The molecule has 0 saturated carbocycles. The molecule has 0 fully saturated rings. The predicted octanol–water partition coefficient (Wildman–Crippen LogP) is 14.2. The average molecular weight is 701 g/mol. The Kier molecular flexibility index (Phi) is 7.17. The number of fused-ring (bicyclic) bond motifs is 7. The molecule has 11 rings (SSSR count). The van der Waals surface area contributed by atoms with Gasteiger partial charge >= 0.3 is 0 Å². The summed E-state index contributed by atoms with van der Waals surface area (Å²) >= 11 is 0. The van der Waals surface area contributed by atoms with E-state index in [4.69, 9.17) is 14.4 Å². The highest BCUT2D eigenvalue weighted by Crippen LogP contribution is 2.42. The van der Waals surface area contributed by atoms with Gasteiger partial charge in [-0.05, 0) is 91.0 Å². The lowest BCUT2D eigenvalue weighted by molar-refractivity contribution is 0.670. The van der Waals surface area contributed by atoms with Gasteiger partial charge in [-0.25, -0.2) is 9.97 Å². The molecule has 0 spiro atoms. The first-order valence-electron chi connectivity index (χ1n) is 18.6. The summed E-state index contributed by atoms with van der Waals surface area (Å²) in [7, 11) is 0. The van der Waals surface area contributed by atoms with Crippen LogP contribution in [0.2, 0.25) is 0 Å². The van der Waals surface area contributed by atoms with Crippen molar-refractivity contribution in [3.8, 4) is 56.2 Å². The summed E-state index contributed by atoms with van der Waals surface area (Å²) in [6.45, 7) is 0. The van der Waals surface area contributed by atoms with Gasteiger partial charge in [-0.3, -0.25) is 0 Å². The molecule has 11 aromatic rings. The Morgan fingerprint density at radius 3 is 1.64 bits per heavy atom. The van der Waals surface area contributed by atoms with E-state index in [2.05, 4.69) is 158 Å². The minimum absolute atomic E-state index is 0.671. The predicted molar refractivity (Wildman–Crippen MR) is 229 cm³/mol. The molecule has 0 atom stereocenters. The highest BCUT2D eigenvalue weighted by Gasteiger charge is 2.19. The van der Waals surface area contributed by atoms with Crippen LogP contribution in [0.5, 0.6) is 0 Å². The van der Waals surface area contributed by atoms with E-state index in [1.807, 2.05) is 36.4 Å². The van der Waals surface area contributed by atoms with Crippen molar-refractivity contribution >= 4 is 54.3 Å². The Balaban J connectivity index is 1.11. The fourth-order valence-corrected chi connectivity index (χ4v) is 8.02. The topological polar surface area (TPSA) is 38.9 Å². The number of rotatable bonds is 5. The molecule has 256 valence electrons. The van der Waals surface area contributed by atoms with Gasteiger partial charge in [-0.1, -0.05) is 158 Å². The Labute approximate surface area is 317 Å². The van der Waals surface area contributed by atoms with Crippen molar-refractivity contribution in [3.63, 3.8) is 0 Å². The van der Waals surface area contributed by atoms with E-state index in [1.165, 1.54) is 38.1 Å². The number of hydrogen-bond donors (Lipinski definition) is 0. The third kappa shape index (κ3) is 5.45. The maximum absolute atomic E-state index is 6.81. The molecule has 3 heteroatoms. The van der Waals surface area contributed by atoms with E-state index in [1.54, 1.807) is 0 Å². The molecule has 0 aliphatic heterocycles. The van der Waals surface area contributed by atoms with Gasteiger partial charge in [-0.15, -0.1) is 0 Å². The molecule has 0 aliphatic rings. The normalized spacial score (nSPS) is 11.6. The van der Waals surface area contributed by atoms with Crippen molar-refractivity contribution in [3.05, 3.63) is 194 Å². The summed E-state index contributed by atoms with van der Waals surface area (Å²) in [6.07, 6.45) is 0. The standard InChI is InChI=1S/C52H32N2O/c1-3-12-37(13-4-1)48-32-49(54-52(53-48)38-14-5-2-6-15-38)47-30-42(29-46-45-28-39-16-7-8-17-40(39)31-50(45)55-51(46)47)34-21-19-33(20-22-34)41-26-25-36-24-23-35-11-9-10-18-43(35)44(36)27-41/h1-32H. The second kappa shape index (κ2) is 12.6. The van der Waals surface area contributed by atoms with Crippen molar-refractivity contribution in [2.75, 3.05) is 0 Å². The van der Waals surface area contributed by atoms with Gasteiger partial charge < -0.3 is 4.42 Å². The summed E-state index contributed by atoms with van der Waals surface area (Å²) in [5, 5.41) is 9.50. The number of furan rings is 1. The van der Waals surface area contributed by atoms with Gasteiger partial charge in [-0.2, -0.15) is 0 Å². The van der Waals surface area contributed by atoms with Crippen molar-refractivity contribution in [2.45, 2.75) is 0 Å². The molecule has 0 unspecified atom stereocenters. The molecular weight excluding hydrogens is 669 g/mol. The molecule has 2 heterocycles. The summed E-state index contributed by atoms with van der Waals surface area (Å²) in [4.78, 5) is 10.3. The fraction of sp³-hybridized carbons (Fsp3) is 0. The summed E-state index contributed by atoms with van der Waals surface area (Å²) in [6, 6.07) is 68.7. The molecule has 3 nitrogen and oxygen atoms in total. The van der Waals surface area contributed by atoms with Crippen LogP contribution in [-0.4, -0.2) is 9.97 Å². The molecule has 0 bridgehead atoms. The molecule has 0 aliphatic carbocycles. The molecule has 0 radical (unpaired) electrons. The first kappa shape index (κ1) is 31.2. The maximum Gasteiger partial charge on any atom is 0.160 e. The SMILES string of the molecule is c1ccc(-c2cc(-c3cc(-c4ccc(-c5ccc6ccc7ccccc7c6c5)cc4)cc4c3oc3cc5ccccc5cc34)nc(-c3ccccc3)n2)cc1. The van der Waals surface area contributed by atoms with Gasteiger partial charge in [0.25, 0.3) is 0 Å².